The Morgan fingerprint density at radius 1 is 1.02 bits per heavy atom. The molecule has 0 saturated carbocycles. The Kier molecular flexibility index (Phi) is 7.25. The quantitative estimate of drug-likeness (QED) is 0.377. The molecule has 1 spiro atoms. The van der Waals surface area contributed by atoms with Crippen molar-refractivity contribution in [2.45, 2.75) is 63.1 Å². The number of carbonyl (C=O) groups excluding carboxylic acids is 2. The fourth-order valence-electron chi connectivity index (χ4n) is 7.43. The van der Waals surface area contributed by atoms with Crippen LogP contribution in [0.15, 0.2) is 66.7 Å². The maximum absolute atomic E-state index is 14.6. The number of methoxy groups -OCH3 is 1. The molecule has 0 bridgehead atoms. The Labute approximate surface area is 247 Å². The lowest BCUT2D eigenvalue weighted by Gasteiger charge is -2.32. The summed E-state index contributed by atoms with van der Waals surface area (Å²) in [5, 5.41) is 9.84. The van der Waals surface area contributed by atoms with E-state index in [4.69, 9.17) is 9.47 Å². The number of ether oxygens (including phenoxy) is 2. The third kappa shape index (κ3) is 4.46. The van der Waals surface area contributed by atoms with Crippen molar-refractivity contribution in [3.8, 4) is 5.75 Å². The molecule has 0 aliphatic carbocycles. The van der Waals surface area contributed by atoms with Crippen LogP contribution in [0, 0.1) is 5.92 Å². The van der Waals surface area contributed by atoms with Gasteiger partial charge < -0.3 is 24.3 Å². The number of rotatable bonds is 7. The summed E-state index contributed by atoms with van der Waals surface area (Å²) in [6.07, 6.45) is 1.06. The van der Waals surface area contributed by atoms with Gasteiger partial charge in [0.2, 0.25) is 5.91 Å². The van der Waals surface area contributed by atoms with E-state index in [1.54, 1.807) is 16.9 Å². The van der Waals surface area contributed by atoms with Gasteiger partial charge in [-0.2, -0.15) is 0 Å². The standard InChI is InChI=1S/C33H38N2O6Si/c1-21-31(42(3,4)39)29(16-17-36)41-33(21)26-19-25(40-2)13-14-28(26)34(32(33)38)20-22-8-7-10-24(18-22)35-27-11-6-5-9-23(27)12-15-30(35)37/h5-11,13-14,18-19,21,29,31,36,39H,12,15-17,20H2,1-4H3/t21-,29+,31-,33+/m0/s1. The van der Waals surface area contributed by atoms with E-state index in [0.717, 1.165) is 40.2 Å². The van der Waals surface area contributed by atoms with Crippen molar-refractivity contribution in [3.05, 3.63) is 83.4 Å². The molecule has 3 aliphatic rings. The molecule has 4 atom stereocenters. The van der Waals surface area contributed by atoms with Gasteiger partial charge in [-0.15, -0.1) is 0 Å². The second-order valence-corrected chi connectivity index (χ2v) is 16.1. The molecular weight excluding hydrogens is 548 g/mol. The first-order valence-electron chi connectivity index (χ1n) is 14.6. The van der Waals surface area contributed by atoms with E-state index in [2.05, 4.69) is 6.07 Å². The van der Waals surface area contributed by atoms with Crippen molar-refractivity contribution >= 4 is 37.2 Å². The molecule has 2 N–H and O–H groups in total. The van der Waals surface area contributed by atoms with Crippen LogP contribution in [0.25, 0.3) is 0 Å². The second-order valence-electron chi connectivity index (χ2n) is 12.2. The Bertz CT molecular complexity index is 1540. The van der Waals surface area contributed by atoms with Gasteiger partial charge >= 0.3 is 0 Å². The van der Waals surface area contributed by atoms with Gasteiger partial charge in [0, 0.05) is 35.7 Å². The number of nitrogens with zero attached hydrogens (tertiary/aromatic N) is 2. The summed E-state index contributed by atoms with van der Waals surface area (Å²) in [5.74, 6) is 0.152. The van der Waals surface area contributed by atoms with E-state index in [1.165, 1.54) is 0 Å². The highest BCUT2D eigenvalue weighted by atomic mass is 28.4. The number of aliphatic hydroxyl groups is 1. The maximum atomic E-state index is 14.6. The van der Waals surface area contributed by atoms with Gasteiger partial charge in [-0.1, -0.05) is 37.3 Å². The van der Waals surface area contributed by atoms with E-state index in [0.29, 0.717) is 18.6 Å². The van der Waals surface area contributed by atoms with E-state index >= 15 is 0 Å². The van der Waals surface area contributed by atoms with Gasteiger partial charge in [0.05, 0.1) is 31.1 Å². The number of hydrogen-bond acceptors (Lipinski definition) is 6. The van der Waals surface area contributed by atoms with Crippen molar-refractivity contribution in [2.75, 3.05) is 23.5 Å². The summed E-state index contributed by atoms with van der Waals surface area (Å²) >= 11 is 0. The van der Waals surface area contributed by atoms with Gasteiger partial charge in [-0.05, 0) is 73.5 Å². The largest absolute Gasteiger partial charge is 0.497 e. The summed E-state index contributed by atoms with van der Waals surface area (Å²) in [6.45, 7) is 5.91. The van der Waals surface area contributed by atoms with Gasteiger partial charge in [0.1, 0.15) is 5.75 Å². The Morgan fingerprint density at radius 3 is 2.55 bits per heavy atom. The number of aryl methyl sites for hydroxylation is 1. The molecule has 6 rings (SSSR count). The molecule has 3 aromatic carbocycles. The van der Waals surface area contributed by atoms with E-state index < -0.39 is 20.0 Å². The molecular formula is C33H38N2O6Si. The van der Waals surface area contributed by atoms with Crippen molar-refractivity contribution < 1.29 is 29.0 Å². The van der Waals surface area contributed by atoms with Crippen LogP contribution < -0.4 is 14.5 Å². The van der Waals surface area contributed by atoms with Gasteiger partial charge in [0.25, 0.3) is 5.91 Å². The van der Waals surface area contributed by atoms with Crippen molar-refractivity contribution in [3.63, 3.8) is 0 Å². The summed E-state index contributed by atoms with van der Waals surface area (Å²) in [7, 11) is -1.20. The number of fused-ring (bicyclic) bond motifs is 3. The topological polar surface area (TPSA) is 99.5 Å². The summed E-state index contributed by atoms with van der Waals surface area (Å²) < 4.78 is 12.2. The molecule has 0 radical (unpaired) electrons. The average Bonchev–Trinajstić information content (AvgIpc) is 3.39. The highest BCUT2D eigenvalue weighted by molar-refractivity contribution is 6.71. The van der Waals surface area contributed by atoms with Crippen LogP contribution in [-0.2, 0) is 32.9 Å². The molecule has 2 amide bonds. The number of hydrogen-bond donors (Lipinski definition) is 2. The number of anilines is 3. The van der Waals surface area contributed by atoms with Crippen LogP contribution in [0.5, 0.6) is 5.75 Å². The zero-order chi connectivity index (χ0) is 29.8. The predicted molar refractivity (Wildman–Crippen MR) is 163 cm³/mol. The maximum Gasteiger partial charge on any atom is 0.264 e. The number of carbonyl (C=O) groups is 2. The molecule has 220 valence electrons. The minimum Gasteiger partial charge on any atom is -0.497 e. The summed E-state index contributed by atoms with van der Waals surface area (Å²) in [6, 6.07) is 21.3. The second kappa shape index (κ2) is 10.6. The minimum absolute atomic E-state index is 0.0458. The fraction of sp³-hybridized carbons (Fsp3) is 0.394. The van der Waals surface area contributed by atoms with Crippen molar-refractivity contribution in [2.24, 2.45) is 5.92 Å². The molecule has 9 heteroatoms. The lowest BCUT2D eigenvalue weighted by molar-refractivity contribution is -0.146. The molecule has 0 unspecified atom stereocenters. The van der Waals surface area contributed by atoms with Crippen LogP contribution >= 0.6 is 0 Å². The Hall–Kier alpha value is -3.50. The van der Waals surface area contributed by atoms with Crippen molar-refractivity contribution in [1.29, 1.82) is 0 Å². The first-order valence-corrected chi connectivity index (χ1v) is 17.6. The molecule has 8 nitrogen and oxygen atoms in total. The zero-order valence-electron chi connectivity index (χ0n) is 24.5. The fourth-order valence-corrected chi connectivity index (χ4v) is 10.0. The number of aliphatic hydroxyl groups excluding tert-OH is 1. The van der Waals surface area contributed by atoms with Crippen LogP contribution in [0.4, 0.5) is 17.1 Å². The molecule has 1 saturated heterocycles. The van der Waals surface area contributed by atoms with Crippen LogP contribution in [0.3, 0.4) is 0 Å². The van der Waals surface area contributed by atoms with Crippen LogP contribution in [0.2, 0.25) is 18.6 Å². The third-order valence-corrected chi connectivity index (χ3v) is 11.7. The van der Waals surface area contributed by atoms with Crippen molar-refractivity contribution in [1.82, 2.24) is 0 Å². The SMILES string of the molecule is COc1ccc2c(c1)[C@@]1(O[C@H](CCO)[C@@H]([Si](C)(C)O)[C@@H]1C)C(=O)N2Cc1cccc(N2C(=O)CCc3ccccc32)c1. The number of benzene rings is 3. The lowest BCUT2D eigenvalue weighted by Crippen LogP contribution is -2.46. The predicted octanol–water partition coefficient (Wildman–Crippen LogP) is 5.03. The van der Waals surface area contributed by atoms with E-state index in [-0.39, 0.29) is 36.4 Å². The molecule has 0 aromatic heterocycles. The molecule has 1 fully saturated rings. The Morgan fingerprint density at radius 2 is 1.81 bits per heavy atom. The first-order chi connectivity index (χ1) is 20.1. The number of para-hydroxylation sites is 1. The normalized spacial score (nSPS) is 25.2. The first kappa shape index (κ1) is 28.6. The average molecular weight is 587 g/mol. The molecule has 42 heavy (non-hydrogen) atoms. The highest BCUT2D eigenvalue weighted by Gasteiger charge is 2.66. The molecule has 3 heterocycles. The minimum atomic E-state index is -2.79. The van der Waals surface area contributed by atoms with Crippen LogP contribution in [-0.4, -0.2) is 49.9 Å². The third-order valence-electron chi connectivity index (χ3n) is 9.20. The van der Waals surface area contributed by atoms with E-state index in [9.17, 15) is 19.5 Å². The van der Waals surface area contributed by atoms with Crippen LogP contribution in [0.1, 0.15) is 36.5 Å². The molecule has 3 aliphatic heterocycles. The zero-order valence-corrected chi connectivity index (χ0v) is 25.5. The van der Waals surface area contributed by atoms with Gasteiger partial charge in [-0.3, -0.25) is 14.5 Å². The summed E-state index contributed by atoms with van der Waals surface area (Å²) in [4.78, 5) is 42.5. The van der Waals surface area contributed by atoms with E-state index in [1.807, 2.05) is 80.7 Å². The number of amides is 2. The van der Waals surface area contributed by atoms with Gasteiger partial charge in [0.15, 0.2) is 13.9 Å². The highest BCUT2D eigenvalue weighted by Crippen LogP contribution is 2.60. The lowest BCUT2D eigenvalue weighted by atomic mass is 9.82. The smallest absolute Gasteiger partial charge is 0.264 e. The monoisotopic (exact) mass is 586 g/mol. The molecule has 3 aromatic rings. The Balaban J connectivity index is 1.40. The van der Waals surface area contributed by atoms with Gasteiger partial charge in [-0.25, -0.2) is 0 Å². The summed E-state index contributed by atoms with van der Waals surface area (Å²) in [5.41, 5.74) is 3.57.